The van der Waals surface area contributed by atoms with Crippen LogP contribution in [0, 0.1) is 0 Å². The molecule has 1 saturated heterocycles. The molecule has 0 bridgehead atoms. The van der Waals surface area contributed by atoms with Gasteiger partial charge in [0, 0.05) is 47.7 Å². The summed E-state index contributed by atoms with van der Waals surface area (Å²) in [5.74, 6) is 1.58. The number of nitrogens with one attached hydrogen (secondary N) is 1. The number of carbonyl (C=O) groups is 1. The van der Waals surface area contributed by atoms with Crippen LogP contribution in [0.4, 0.5) is 17.2 Å². The fourth-order valence-corrected chi connectivity index (χ4v) is 3.58. The summed E-state index contributed by atoms with van der Waals surface area (Å²) in [6.45, 7) is 0.789. The van der Waals surface area contributed by atoms with E-state index in [1.807, 2.05) is 65.6 Å². The molecule has 29 heavy (non-hydrogen) atoms. The van der Waals surface area contributed by atoms with Crippen LogP contribution in [0.5, 0.6) is 0 Å². The second-order valence-electron chi connectivity index (χ2n) is 6.97. The highest BCUT2D eigenvalue weighted by molar-refractivity contribution is 5.96. The number of rotatable bonds is 4. The normalized spacial score (nSPS) is 13.8. The molecule has 0 saturated carbocycles. The average Bonchev–Trinajstić information content (AvgIpc) is 3.21. The molecule has 1 aliphatic heterocycles. The van der Waals surface area contributed by atoms with E-state index in [9.17, 15) is 4.79 Å². The maximum absolute atomic E-state index is 12.0. The molecule has 6 heteroatoms. The SMILES string of the molecule is O=C1CCCN1c1ccc(Nc2nc(-c3ccncc3)nc3ccccc23)cc1. The zero-order valence-corrected chi connectivity index (χ0v) is 15.7. The summed E-state index contributed by atoms with van der Waals surface area (Å²) in [6, 6.07) is 19.6. The quantitative estimate of drug-likeness (QED) is 0.561. The van der Waals surface area contributed by atoms with Crippen molar-refractivity contribution in [2.45, 2.75) is 12.8 Å². The van der Waals surface area contributed by atoms with Crippen molar-refractivity contribution in [3.63, 3.8) is 0 Å². The lowest BCUT2D eigenvalue weighted by molar-refractivity contribution is -0.117. The van der Waals surface area contributed by atoms with Gasteiger partial charge < -0.3 is 10.2 Å². The number of carbonyl (C=O) groups excluding carboxylic acids is 1. The Morgan fingerprint density at radius 3 is 2.45 bits per heavy atom. The Hall–Kier alpha value is -3.80. The molecule has 142 valence electrons. The van der Waals surface area contributed by atoms with Gasteiger partial charge in [-0.1, -0.05) is 12.1 Å². The minimum absolute atomic E-state index is 0.189. The molecule has 4 aromatic rings. The highest BCUT2D eigenvalue weighted by atomic mass is 16.2. The molecule has 0 unspecified atom stereocenters. The monoisotopic (exact) mass is 381 g/mol. The zero-order chi connectivity index (χ0) is 19.6. The summed E-state index contributed by atoms with van der Waals surface area (Å²) < 4.78 is 0. The van der Waals surface area contributed by atoms with Crippen LogP contribution < -0.4 is 10.2 Å². The van der Waals surface area contributed by atoms with E-state index in [-0.39, 0.29) is 5.91 Å². The van der Waals surface area contributed by atoms with Gasteiger partial charge in [-0.2, -0.15) is 0 Å². The summed E-state index contributed by atoms with van der Waals surface area (Å²) in [5, 5.41) is 4.36. The molecule has 1 aliphatic rings. The van der Waals surface area contributed by atoms with Crippen LogP contribution in [0.2, 0.25) is 0 Å². The molecule has 5 rings (SSSR count). The highest BCUT2D eigenvalue weighted by Gasteiger charge is 2.21. The van der Waals surface area contributed by atoms with Crippen LogP contribution in [0.3, 0.4) is 0 Å². The number of para-hydroxylation sites is 1. The smallest absolute Gasteiger partial charge is 0.227 e. The Kier molecular flexibility index (Phi) is 4.37. The van der Waals surface area contributed by atoms with E-state index in [1.54, 1.807) is 12.4 Å². The predicted octanol–water partition coefficient (Wildman–Crippen LogP) is 4.56. The molecule has 1 fully saturated rings. The van der Waals surface area contributed by atoms with Gasteiger partial charge in [0.1, 0.15) is 5.82 Å². The van der Waals surface area contributed by atoms with Gasteiger partial charge in [-0.3, -0.25) is 9.78 Å². The van der Waals surface area contributed by atoms with E-state index in [1.165, 1.54) is 0 Å². The van der Waals surface area contributed by atoms with Crippen molar-refractivity contribution in [1.82, 2.24) is 15.0 Å². The third kappa shape index (κ3) is 3.40. The van der Waals surface area contributed by atoms with Gasteiger partial charge in [0.05, 0.1) is 5.52 Å². The van der Waals surface area contributed by atoms with E-state index in [2.05, 4.69) is 10.3 Å². The Morgan fingerprint density at radius 1 is 0.897 bits per heavy atom. The molecular formula is C23H19N5O. The van der Waals surface area contributed by atoms with Crippen molar-refractivity contribution in [2.75, 3.05) is 16.8 Å². The highest BCUT2D eigenvalue weighted by Crippen LogP contribution is 2.29. The van der Waals surface area contributed by atoms with Crippen molar-refractivity contribution in [2.24, 2.45) is 0 Å². The molecular weight excluding hydrogens is 362 g/mol. The first-order chi connectivity index (χ1) is 14.3. The van der Waals surface area contributed by atoms with Gasteiger partial charge in [-0.15, -0.1) is 0 Å². The van der Waals surface area contributed by atoms with E-state index in [0.717, 1.165) is 46.6 Å². The van der Waals surface area contributed by atoms with Crippen LogP contribution >= 0.6 is 0 Å². The van der Waals surface area contributed by atoms with Crippen LogP contribution in [0.1, 0.15) is 12.8 Å². The van der Waals surface area contributed by atoms with E-state index < -0.39 is 0 Å². The first kappa shape index (κ1) is 17.3. The molecule has 2 aromatic carbocycles. The first-order valence-electron chi connectivity index (χ1n) is 9.62. The van der Waals surface area contributed by atoms with Crippen molar-refractivity contribution in [3.8, 4) is 11.4 Å². The summed E-state index contributed by atoms with van der Waals surface area (Å²) in [7, 11) is 0. The van der Waals surface area contributed by atoms with Crippen LogP contribution in [-0.4, -0.2) is 27.4 Å². The number of hydrogen-bond donors (Lipinski definition) is 1. The van der Waals surface area contributed by atoms with Gasteiger partial charge in [0.2, 0.25) is 5.91 Å². The number of hydrogen-bond acceptors (Lipinski definition) is 5. The van der Waals surface area contributed by atoms with E-state index in [4.69, 9.17) is 9.97 Å². The second kappa shape index (κ2) is 7.31. The third-order valence-corrected chi connectivity index (χ3v) is 5.06. The molecule has 1 N–H and O–H groups in total. The summed E-state index contributed by atoms with van der Waals surface area (Å²) in [5.41, 5.74) is 3.63. The second-order valence-corrected chi connectivity index (χ2v) is 6.97. The van der Waals surface area contributed by atoms with Crippen LogP contribution in [0.15, 0.2) is 73.1 Å². The number of fused-ring (bicyclic) bond motifs is 1. The number of benzene rings is 2. The van der Waals surface area contributed by atoms with E-state index >= 15 is 0 Å². The molecule has 6 nitrogen and oxygen atoms in total. The van der Waals surface area contributed by atoms with Gasteiger partial charge in [-0.05, 0) is 55.0 Å². The number of anilines is 3. The third-order valence-electron chi connectivity index (χ3n) is 5.06. The molecule has 0 aliphatic carbocycles. The molecule has 0 atom stereocenters. The van der Waals surface area contributed by atoms with Crippen molar-refractivity contribution in [1.29, 1.82) is 0 Å². The minimum atomic E-state index is 0.189. The van der Waals surface area contributed by atoms with Gasteiger partial charge in [0.15, 0.2) is 5.82 Å². The van der Waals surface area contributed by atoms with Crippen LogP contribution in [-0.2, 0) is 4.79 Å². The van der Waals surface area contributed by atoms with Gasteiger partial charge >= 0.3 is 0 Å². The zero-order valence-electron chi connectivity index (χ0n) is 15.7. The predicted molar refractivity (Wildman–Crippen MR) is 114 cm³/mol. The van der Waals surface area contributed by atoms with Crippen molar-refractivity contribution < 1.29 is 4.79 Å². The maximum Gasteiger partial charge on any atom is 0.227 e. The number of aromatic nitrogens is 3. The van der Waals surface area contributed by atoms with Crippen molar-refractivity contribution >= 4 is 34.0 Å². The Morgan fingerprint density at radius 2 is 1.69 bits per heavy atom. The summed E-state index contributed by atoms with van der Waals surface area (Å²) in [6.07, 6.45) is 5.02. The largest absolute Gasteiger partial charge is 0.340 e. The van der Waals surface area contributed by atoms with E-state index in [0.29, 0.717) is 12.2 Å². The lowest BCUT2D eigenvalue weighted by Crippen LogP contribution is -2.23. The standard InChI is InChI=1S/C23H19N5O/c29-21-6-3-15-28(21)18-9-7-17(8-10-18)25-23-19-4-1-2-5-20(19)26-22(27-23)16-11-13-24-14-12-16/h1-2,4-5,7-14H,3,6,15H2,(H,25,26,27). The van der Waals surface area contributed by atoms with Gasteiger partial charge in [0.25, 0.3) is 0 Å². The number of pyridine rings is 1. The molecule has 2 aromatic heterocycles. The molecule has 1 amide bonds. The lowest BCUT2D eigenvalue weighted by atomic mass is 10.2. The maximum atomic E-state index is 12.0. The Labute approximate surface area is 168 Å². The minimum Gasteiger partial charge on any atom is -0.340 e. The Bertz CT molecular complexity index is 1170. The average molecular weight is 381 g/mol. The van der Waals surface area contributed by atoms with Crippen LogP contribution in [0.25, 0.3) is 22.3 Å². The molecule has 3 heterocycles. The fraction of sp³-hybridized carbons (Fsp3) is 0.130. The molecule has 0 spiro atoms. The number of nitrogens with zero attached hydrogens (tertiary/aromatic N) is 4. The molecule has 0 radical (unpaired) electrons. The summed E-state index contributed by atoms with van der Waals surface area (Å²) in [4.78, 5) is 27.3. The fourth-order valence-electron chi connectivity index (χ4n) is 3.58. The topological polar surface area (TPSA) is 71.0 Å². The summed E-state index contributed by atoms with van der Waals surface area (Å²) >= 11 is 0. The first-order valence-corrected chi connectivity index (χ1v) is 9.62. The number of amides is 1. The van der Waals surface area contributed by atoms with Crippen molar-refractivity contribution in [3.05, 3.63) is 73.1 Å². The Balaban J connectivity index is 1.50. The van der Waals surface area contributed by atoms with Gasteiger partial charge in [-0.25, -0.2) is 9.97 Å². The lowest BCUT2D eigenvalue weighted by Gasteiger charge is -2.16.